The van der Waals surface area contributed by atoms with E-state index in [0.29, 0.717) is 12.5 Å². The van der Waals surface area contributed by atoms with E-state index in [1.165, 1.54) is 0 Å². The third kappa shape index (κ3) is 3.04. The molecule has 1 aromatic rings. The van der Waals surface area contributed by atoms with Crippen molar-refractivity contribution in [1.29, 1.82) is 0 Å². The zero-order valence-corrected chi connectivity index (χ0v) is 12.2. The lowest BCUT2D eigenvalue weighted by molar-refractivity contribution is -0.121. The van der Waals surface area contributed by atoms with Crippen molar-refractivity contribution in [1.82, 2.24) is 10.2 Å². The fourth-order valence-corrected chi connectivity index (χ4v) is 2.20. The first-order valence-electron chi connectivity index (χ1n) is 6.93. The van der Waals surface area contributed by atoms with Crippen LogP contribution in [0.15, 0.2) is 18.2 Å². The summed E-state index contributed by atoms with van der Waals surface area (Å²) >= 11 is 0. The Hall–Kier alpha value is -2.37. The number of fused-ring (bicyclic) bond motifs is 1. The standard InChI is InChI=1S/C15H19N3O3/c1-9(2)6-7-17-12(19)8-18-14(20)10-4-3-5-11(16)13(10)15(18)21/h3-5,9H,6-8,16H2,1-2H3,(H,17,19). The molecular formula is C15H19N3O3. The van der Waals surface area contributed by atoms with Crippen LogP contribution >= 0.6 is 0 Å². The molecule has 0 spiro atoms. The van der Waals surface area contributed by atoms with Gasteiger partial charge in [0.05, 0.1) is 11.1 Å². The van der Waals surface area contributed by atoms with Crippen molar-refractivity contribution in [3.8, 4) is 0 Å². The maximum Gasteiger partial charge on any atom is 0.264 e. The van der Waals surface area contributed by atoms with Crippen LogP contribution in [0, 0.1) is 5.92 Å². The minimum atomic E-state index is -0.507. The van der Waals surface area contributed by atoms with Crippen LogP contribution in [-0.2, 0) is 4.79 Å². The Kier molecular flexibility index (Phi) is 4.26. The van der Waals surface area contributed by atoms with Crippen LogP contribution in [-0.4, -0.2) is 35.7 Å². The van der Waals surface area contributed by atoms with Crippen molar-refractivity contribution in [2.75, 3.05) is 18.8 Å². The summed E-state index contributed by atoms with van der Waals surface area (Å²) in [6.07, 6.45) is 0.848. The highest BCUT2D eigenvalue weighted by molar-refractivity contribution is 6.24. The number of nitrogens with one attached hydrogen (secondary N) is 1. The number of carbonyl (C=O) groups is 3. The number of nitrogens with zero attached hydrogens (tertiary/aromatic N) is 1. The van der Waals surface area contributed by atoms with Crippen LogP contribution in [0.5, 0.6) is 0 Å². The molecule has 3 N–H and O–H groups in total. The number of imide groups is 1. The molecule has 0 atom stereocenters. The number of benzene rings is 1. The number of hydrogen-bond acceptors (Lipinski definition) is 4. The predicted molar refractivity (Wildman–Crippen MR) is 78.7 cm³/mol. The molecule has 1 heterocycles. The monoisotopic (exact) mass is 289 g/mol. The first-order valence-corrected chi connectivity index (χ1v) is 6.93. The zero-order chi connectivity index (χ0) is 15.6. The van der Waals surface area contributed by atoms with Gasteiger partial charge in [-0.15, -0.1) is 0 Å². The molecule has 0 saturated carbocycles. The molecule has 0 saturated heterocycles. The van der Waals surface area contributed by atoms with Crippen LogP contribution in [0.2, 0.25) is 0 Å². The third-order valence-electron chi connectivity index (χ3n) is 3.38. The summed E-state index contributed by atoms with van der Waals surface area (Å²) in [5.41, 5.74) is 6.44. The fourth-order valence-electron chi connectivity index (χ4n) is 2.20. The Labute approximate surface area is 123 Å². The van der Waals surface area contributed by atoms with Gasteiger partial charge in [-0.05, 0) is 24.5 Å². The second-order valence-corrected chi connectivity index (χ2v) is 5.50. The Morgan fingerprint density at radius 3 is 2.62 bits per heavy atom. The van der Waals surface area contributed by atoms with Gasteiger partial charge in [0.15, 0.2) is 0 Å². The van der Waals surface area contributed by atoms with Crippen molar-refractivity contribution in [2.24, 2.45) is 5.92 Å². The van der Waals surface area contributed by atoms with E-state index in [0.717, 1.165) is 11.3 Å². The van der Waals surface area contributed by atoms with Gasteiger partial charge in [0.25, 0.3) is 11.8 Å². The first kappa shape index (κ1) is 15.0. The number of nitrogens with two attached hydrogens (primary N) is 1. The number of nitrogen functional groups attached to an aromatic ring is 1. The molecule has 1 aromatic carbocycles. The summed E-state index contributed by atoms with van der Waals surface area (Å²) in [7, 11) is 0. The van der Waals surface area contributed by atoms with E-state index in [-0.39, 0.29) is 29.3 Å². The highest BCUT2D eigenvalue weighted by atomic mass is 16.2. The number of amides is 3. The molecule has 1 aliphatic rings. The molecular weight excluding hydrogens is 270 g/mol. The lowest BCUT2D eigenvalue weighted by Crippen LogP contribution is -2.40. The van der Waals surface area contributed by atoms with Crippen LogP contribution in [0.25, 0.3) is 0 Å². The largest absolute Gasteiger partial charge is 0.398 e. The summed E-state index contributed by atoms with van der Waals surface area (Å²) in [5.74, 6) is -0.846. The van der Waals surface area contributed by atoms with Crippen molar-refractivity contribution in [3.63, 3.8) is 0 Å². The van der Waals surface area contributed by atoms with Gasteiger partial charge in [0, 0.05) is 12.2 Å². The molecule has 6 nitrogen and oxygen atoms in total. The Balaban J connectivity index is 2.03. The number of hydrogen-bond donors (Lipinski definition) is 2. The van der Waals surface area contributed by atoms with E-state index in [1.54, 1.807) is 18.2 Å². The van der Waals surface area contributed by atoms with E-state index in [4.69, 9.17) is 5.73 Å². The van der Waals surface area contributed by atoms with Crippen molar-refractivity contribution in [3.05, 3.63) is 29.3 Å². The lowest BCUT2D eigenvalue weighted by Gasteiger charge is -2.14. The maximum absolute atomic E-state index is 12.2. The second kappa shape index (κ2) is 5.95. The molecule has 0 aliphatic carbocycles. The second-order valence-electron chi connectivity index (χ2n) is 5.50. The minimum absolute atomic E-state index is 0.192. The van der Waals surface area contributed by atoms with Crippen LogP contribution in [0.1, 0.15) is 41.0 Å². The number of rotatable bonds is 5. The molecule has 0 unspecified atom stereocenters. The summed E-state index contributed by atoms with van der Waals surface area (Å²) in [4.78, 5) is 37.1. The molecule has 2 rings (SSSR count). The molecule has 3 amide bonds. The average molecular weight is 289 g/mol. The SMILES string of the molecule is CC(C)CCNC(=O)CN1C(=O)c2cccc(N)c2C1=O. The first-order chi connectivity index (χ1) is 9.91. The van der Waals surface area contributed by atoms with E-state index in [2.05, 4.69) is 19.2 Å². The highest BCUT2D eigenvalue weighted by Crippen LogP contribution is 2.27. The van der Waals surface area contributed by atoms with Gasteiger partial charge in [0.1, 0.15) is 6.54 Å². The molecule has 1 aliphatic heterocycles. The van der Waals surface area contributed by atoms with E-state index in [1.807, 2.05) is 0 Å². The summed E-state index contributed by atoms with van der Waals surface area (Å²) < 4.78 is 0. The zero-order valence-electron chi connectivity index (χ0n) is 12.2. The molecule has 0 fully saturated rings. The van der Waals surface area contributed by atoms with Crippen molar-refractivity contribution < 1.29 is 14.4 Å². The van der Waals surface area contributed by atoms with Crippen molar-refractivity contribution in [2.45, 2.75) is 20.3 Å². The van der Waals surface area contributed by atoms with Crippen molar-refractivity contribution >= 4 is 23.4 Å². The van der Waals surface area contributed by atoms with E-state index >= 15 is 0 Å². The number of anilines is 1. The molecule has 0 bridgehead atoms. The van der Waals surface area contributed by atoms with Crippen LogP contribution in [0.3, 0.4) is 0 Å². The topological polar surface area (TPSA) is 92.5 Å². The molecule has 0 aromatic heterocycles. The minimum Gasteiger partial charge on any atom is -0.398 e. The van der Waals surface area contributed by atoms with Gasteiger partial charge in [-0.2, -0.15) is 0 Å². The van der Waals surface area contributed by atoms with Gasteiger partial charge >= 0.3 is 0 Å². The highest BCUT2D eigenvalue weighted by Gasteiger charge is 2.37. The maximum atomic E-state index is 12.2. The Morgan fingerprint density at radius 2 is 2.00 bits per heavy atom. The quantitative estimate of drug-likeness (QED) is 0.625. The molecule has 21 heavy (non-hydrogen) atoms. The summed E-state index contributed by atoms with van der Waals surface area (Å²) in [5, 5.41) is 2.71. The molecule has 6 heteroatoms. The Bertz CT molecular complexity index is 596. The third-order valence-corrected chi connectivity index (χ3v) is 3.38. The fraction of sp³-hybridized carbons (Fsp3) is 0.400. The normalized spacial score (nSPS) is 13.8. The van der Waals surface area contributed by atoms with Crippen LogP contribution in [0.4, 0.5) is 5.69 Å². The van der Waals surface area contributed by atoms with Gasteiger partial charge in [-0.25, -0.2) is 0 Å². The van der Waals surface area contributed by atoms with Gasteiger partial charge in [-0.3, -0.25) is 19.3 Å². The smallest absolute Gasteiger partial charge is 0.264 e. The number of carbonyl (C=O) groups excluding carboxylic acids is 3. The lowest BCUT2D eigenvalue weighted by atomic mass is 10.1. The molecule has 112 valence electrons. The molecule has 0 radical (unpaired) electrons. The predicted octanol–water partition coefficient (Wildman–Crippen LogP) is 1.03. The van der Waals surface area contributed by atoms with Gasteiger partial charge in [0.2, 0.25) is 5.91 Å². The van der Waals surface area contributed by atoms with Gasteiger partial charge < -0.3 is 11.1 Å². The van der Waals surface area contributed by atoms with Crippen LogP contribution < -0.4 is 11.1 Å². The van der Waals surface area contributed by atoms with E-state index < -0.39 is 11.8 Å². The summed E-state index contributed by atoms with van der Waals surface area (Å²) in [6.45, 7) is 4.36. The Morgan fingerprint density at radius 1 is 1.29 bits per heavy atom. The average Bonchev–Trinajstić information content (AvgIpc) is 2.65. The van der Waals surface area contributed by atoms with Gasteiger partial charge in [-0.1, -0.05) is 19.9 Å². The van der Waals surface area contributed by atoms with E-state index in [9.17, 15) is 14.4 Å². The summed E-state index contributed by atoms with van der Waals surface area (Å²) in [6, 6.07) is 4.73.